The van der Waals surface area contributed by atoms with Crippen molar-refractivity contribution >= 4 is 28.2 Å². The molecule has 5 heteroatoms. The molecule has 0 aliphatic carbocycles. The Hall–Kier alpha value is -2.11. The highest BCUT2D eigenvalue weighted by atomic mass is 32.1. The van der Waals surface area contributed by atoms with E-state index in [4.69, 9.17) is 4.42 Å². The van der Waals surface area contributed by atoms with Gasteiger partial charge >= 0.3 is 0 Å². The third kappa shape index (κ3) is 3.46. The van der Waals surface area contributed by atoms with E-state index in [9.17, 15) is 9.90 Å². The number of fused-ring (bicyclic) bond motifs is 1. The molecule has 0 spiro atoms. The highest BCUT2D eigenvalue weighted by Gasteiger charge is 2.17. The highest BCUT2D eigenvalue weighted by molar-refractivity contribution is 7.11. The predicted octanol–water partition coefficient (Wildman–Crippen LogP) is 3.75. The molecule has 120 valence electrons. The van der Waals surface area contributed by atoms with Gasteiger partial charge in [0, 0.05) is 27.2 Å². The number of amides is 1. The molecule has 2 heterocycles. The Bertz CT molecular complexity index is 834. The van der Waals surface area contributed by atoms with Crippen molar-refractivity contribution in [3.8, 4) is 0 Å². The van der Waals surface area contributed by atoms with Crippen LogP contribution < -0.4 is 0 Å². The Labute approximate surface area is 139 Å². The zero-order valence-corrected chi connectivity index (χ0v) is 14.0. The van der Waals surface area contributed by atoms with Crippen LogP contribution in [-0.4, -0.2) is 29.1 Å². The average molecular weight is 329 g/mol. The first-order valence-electron chi connectivity index (χ1n) is 7.52. The van der Waals surface area contributed by atoms with Gasteiger partial charge in [0.2, 0.25) is 0 Å². The van der Waals surface area contributed by atoms with Crippen LogP contribution in [0.15, 0.2) is 40.8 Å². The second-order valence-corrected chi connectivity index (χ2v) is 6.94. The Balaban J connectivity index is 1.86. The molecular formula is C18H19NO3S. The lowest BCUT2D eigenvalue weighted by Gasteiger charge is -2.21. The minimum absolute atomic E-state index is 0.0524. The third-order valence-corrected chi connectivity index (χ3v) is 4.67. The number of hydrogen-bond acceptors (Lipinski definition) is 4. The Kier molecular flexibility index (Phi) is 4.50. The molecular weight excluding hydrogens is 310 g/mol. The zero-order valence-electron chi connectivity index (χ0n) is 13.2. The van der Waals surface area contributed by atoms with Gasteiger partial charge in [0.05, 0.1) is 13.2 Å². The molecule has 3 rings (SSSR count). The monoisotopic (exact) mass is 329 g/mol. The number of hydrogen-bond donors (Lipinski definition) is 1. The van der Waals surface area contributed by atoms with E-state index < -0.39 is 0 Å². The molecule has 2 aromatic heterocycles. The average Bonchev–Trinajstić information content (AvgIpc) is 3.09. The third-order valence-electron chi connectivity index (χ3n) is 3.69. The van der Waals surface area contributed by atoms with E-state index in [-0.39, 0.29) is 12.5 Å². The molecule has 0 aliphatic heterocycles. The summed E-state index contributed by atoms with van der Waals surface area (Å²) in [6.07, 6.45) is 0. The smallest absolute Gasteiger partial charge is 0.254 e. The van der Waals surface area contributed by atoms with Gasteiger partial charge < -0.3 is 14.4 Å². The van der Waals surface area contributed by atoms with Crippen molar-refractivity contribution in [3.05, 3.63) is 57.5 Å². The minimum atomic E-state index is -0.0779. The number of carbonyl (C=O) groups excluding carboxylic acids is 1. The number of furan rings is 1. The molecule has 0 aliphatic rings. The first kappa shape index (κ1) is 15.8. The van der Waals surface area contributed by atoms with Crippen molar-refractivity contribution in [1.82, 2.24) is 4.90 Å². The van der Waals surface area contributed by atoms with Crippen LogP contribution in [0.3, 0.4) is 0 Å². The van der Waals surface area contributed by atoms with Gasteiger partial charge in [-0.3, -0.25) is 4.79 Å². The molecule has 0 bridgehead atoms. The molecule has 1 amide bonds. The predicted molar refractivity (Wildman–Crippen MR) is 91.8 cm³/mol. The van der Waals surface area contributed by atoms with Crippen molar-refractivity contribution < 1.29 is 14.3 Å². The Morgan fingerprint density at radius 1 is 1.22 bits per heavy atom. The van der Waals surface area contributed by atoms with Gasteiger partial charge in [0.15, 0.2) is 0 Å². The summed E-state index contributed by atoms with van der Waals surface area (Å²) in [6.45, 7) is 4.71. The molecule has 0 unspecified atom stereocenters. The first-order valence-corrected chi connectivity index (χ1v) is 8.34. The van der Waals surface area contributed by atoms with Crippen LogP contribution in [0, 0.1) is 13.8 Å². The molecule has 0 saturated carbocycles. The van der Waals surface area contributed by atoms with Crippen LogP contribution >= 0.6 is 11.3 Å². The standard InChI is InChI=1S/C18H19NO3S/c1-12-9-15-10-14(4-6-17(15)22-12)18(21)19(7-8-20)11-16-5-3-13(2)23-16/h3-6,9-10,20H,7-8,11H2,1-2H3. The fourth-order valence-electron chi connectivity index (χ4n) is 2.62. The second-order valence-electron chi connectivity index (χ2n) is 5.57. The summed E-state index contributed by atoms with van der Waals surface area (Å²) in [7, 11) is 0. The Morgan fingerprint density at radius 2 is 2.04 bits per heavy atom. The summed E-state index contributed by atoms with van der Waals surface area (Å²) in [5.74, 6) is 0.747. The van der Waals surface area contributed by atoms with E-state index in [0.717, 1.165) is 21.6 Å². The van der Waals surface area contributed by atoms with Crippen molar-refractivity contribution in [2.45, 2.75) is 20.4 Å². The van der Waals surface area contributed by atoms with Crippen molar-refractivity contribution in [2.24, 2.45) is 0 Å². The zero-order chi connectivity index (χ0) is 16.4. The van der Waals surface area contributed by atoms with Gasteiger partial charge in [-0.1, -0.05) is 0 Å². The van der Waals surface area contributed by atoms with Crippen molar-refractivity contribution in [3.63, 3.8) is 0 Å². The van der Waals surface area contributed by atoms with E-state index in [1.807, 2.05) is 44.2 Å². The van der Waals surface area contributed by atoms with E-state index in [0.29, 0.717) is 18.7 Å². The van der Waals surface area contributed by atoms with Crippen molar-refractivity contribution in [2.75, 3.05) is 13.2 Å². The molecule has 4 nitrogen and oxygen atoms in total. The normalized spacial score (nSPS) is 11.1. The van der Waals surface area contributed by atoms with Gasteiger partial charge in [0.25, 0.3) is 5.91 Å². The largest absolute Gasteiger partial charge is 0.461 e. The van der Waals surface area contributed by atoms with Crippen LogP contribution in [0.2, 0.25) is 0 Å². The number of benzene rings is 1. The summed E-state index contributed by atoms with van der Waals surface area (Å²) in [5.41, 5.74) is 1.39. The highest BCUT2D eigenvalue weighted by Crippen LogP contribution is 2.22. The summed E-state index contributed by atoms with van der Waals surface area (Å²) in [5, 5.41) is 10.2. The molecule has 0 radical (unpaired) electrons. The van der Waals surface area contributed by atoms with Crippen molar-refractivity contribution in [1.29, 1.82) is 0 Å². The lowest BCUT2D eigenvalue weighted by molar-refractivity contribution is 0.0710. The van der Waals surface area contributed by atoms with E-state index in [2.05, 4.69) is 0 Å². The number of carbonyl (C=O) groups is 1. The molecule has 23 heavy (non-hydrogen) atoms. The lowest BCUT2D eigenvalue weighted by atomic mass is 10.1. The maximum atomic E-state index is 12.8. The van der Waals surface area contributed by atoms with Crippen LogP contribution in [0.5, 0.6) is 0 Å². The molecule has 0 saturated heterocycles. The maximum Gasteiger partial charge on any atom is 0.254 e. The first-order chi connectivity index (χ1) is 11.1. The number of nitrogens with zero attached hydrogens (tertiary/aromatic N) is 1. The molecule has 0 atom stereocenters. The van der Waals surface area contributed by atoms with E-state index in [1.54, 1.807) is 22.3 Å². The van der Waals surface area contributed by atoms with Crippen LogP contribution in [0.1, 0.15) is 25.9 Å². The maximum absolute atomic E-state index is 12.8. The molecule has 1 N–H and O–H groups in total. The molecule has 1 aromatic carbocycles. The quantitative estimate of drug-likeness (QED) is 0.776. The van der Waals surface area contributed by atoms with Gasteiger partial charge in [-0.25, -0.2) is 0 Å². The number of aliphatic hydroxyl groups is 1. The van der Waals surface area contributed by atoms with E-state index >= 15 is 0 Å². The topological polar surface area (TPSA) is 53.7 Å². The fourth-order valence-corrected chi connectivity index (χ4v) is 3.53. The molecule has 3 aromatic rings. The van der Waals surface area contributed by atoms with Crippen LogP contribution in [0.25, 0.3) is 11.0 Å². The molecule has 0 fully saturated rings. The summed E-state index contributed by atoms with van der Waals surface area (Å²) < 4.78 is 5.55. The Morgan fingerprint density at radius 3 is 2.74 bits per heavy atom. The van der Waals surface area contributed by atoms with Gasteiger partial charge in [0.1, 0.15) is 11.3 Å². The number of aliphatic hydroxyl groups excluding tert-OH is 1. The van der Waals surface area contributed by atoms with Crippen LogP contribution in [-0.2, 0) is 6.54 Å². The van der Waals surface area contributed by atoms with E-state index in [1.165, 1.54) is 4.88 Å². The number of thiophene rings is 1. The fraction of sp³-hybridized carbons (Fsp3) is 0.278. The van der Waals surface area contributed by atoms with Gasteiger partial charge in [-0.15, -0.1) is 11.3 Å². The second kappa shape index (κ2) is 6.56. The summed E-state index contributed by atoms with van der Waals surface area (Å²) in [4.78, 5) is 16.8. The SMILES string of the molecule is Cc1cc2cc(C(=O)N(CCO)Cc3ccc(C)s3)ccc2o1. The lowest BCUT2D eigenvalue weighted by Crippen LogP contribution is -2.32. The number of rotatable bonds is 5. The summed E-state index contributed by atoms with van der Waals surface area (Å²) >= 11 is 1.67. The van der Waals surface area contributed by atoms with Gasteiger partial charge in [-0.05, 0) is 50.2 Å². The van der Waals surface area contributed by atoms with Gasteiger partial charge in [-0.2, -0.15) is 0 Å². The number of aryl methyl sites for hydroxylation is 2. The minimum Gasteiger partial charge on any atom is -0.461 e. The summed E-state index contributed by atoms with van der Waals surface area (Å²) in [6, 6.07) is 11.4. The van der Waals surface area contributed by atoms with Crippen LogP contribution in [0.4, 0.5) is 0 Å².